The van der Waals surface area contributed by atoms with E-state index in [1.165, 1.54) is 4.68 Å². The highest BCUT2D eigenvalue weighted by Crippen LogP contribution is 2.20. The molecule has 2 aromatic carbocycles. The van der Waals surface area contributed by atoms with Gasteiger partial charge in [-0.15, -0.1) is 0 Å². The van der Waals surface area contributed by atoms with Crippen LogP contribution in [0.3, 0.4) is 0 Å². The molecule has 0 aliphatic carbocycles. The fraction of sp³-hybridized carbons (Fsp3) is 0.130. The quantitative estimate of drug-likeness (QED) is 0.419. The van der Waals surface area contributed by atoms with Gasteiger partial charge in [0.15, 0.2) is 0 Å². The molecule has 4 aromatic rings. The topological polar surface area (TPSA) is 76.0 Å². The van der Waals surface area contributed by atoms with Crippen molar-refractivity contribution in [3.8, 4) is 11.8 Å². The van der Waals surface area contributed by atoms with Crippen LogP contribution in [0.1, 0.15) is 28.3 Å². The average molecular weight is 460 g/mol. The number of hydrogen-bond acceptors (Lipinski definition) is 4. The molecule has 0 spiro atoms. The summed E-state index contributed by atoms with van der Waals surface area (Å²) in [6.07, 6.45) is 1.68. The number of nitrogens with zero attached hydrogens (tertiary/aromatic N) is 5. The Labute approximate surface area is 181 Å². The van der Waals surface area contributed by atoms with E-state index in [9.17, 15) is 4.79 Å². The molecule has 0 unspecified atom stereocenters. The molecule has 148 valence electrons. The summed E-state index contributed by atoms with van der Waals surface area (Å²) in [5.41, 5.74) is 4.94. The van der Waals surface area contributed by atoms with Gasteiger partial charge in [0.2, 0.25) is 0 Å². The normalized spacial score (nSPS) is 11.3. The molecule has 0 saturated carbocycles. The van der Waals surface area contributed by atoms with Gasteiger partial charge in [0.25, 0.3) is 5.56 Å². The average Bonchev–Trinajstić information content (AvgIpc) is 3.02. The minimum absolute atomic E-state index is 0.212. The molecule has 0 saturated heterocycles. The van der Waals surface area contributed by atoms with Crippen LogP contribution in [0.5, 0.6) is 0 Å². The molecule has 7 heteroatoms. The third-order valence-electron chi connectivity index (χ3n) is 5.01. The molecule has 30 heavy (non-hydrogen) atoms. The standard InChI is InChI=1S/C23H18BrN5O/c1-14-10-18(15(2)28(14)20-7-4-17(12-25)5-8-20)13-26-29-16(3)27-22-9-6-19(24)11-21(22)23(29)30/h4-11,13H,1-3H3. The molecule has 0 radical (unpaired) electrons. The Morgan fingerprint density at radius 2 is 1.83 bits per heavy atom. The number of benzene rings is 2. The number of aromatic nitrogens is 3. The lowest BCUT2D eigenvalue weighted by atomic mass is 10.2. The van der Waals surface area contributed by atoms with Crippen molar-refractivity contribution in [1.82, 2.24) is 14.2 Å². The van der Waals surface area contributed by atoms with E-state index >= 15 is 0 Å². The summed E-state index contributed by atoms with van der Waals surface area (Å²) in [5, 5.41) is 14.0. The molecule has 2 heterocycles. The highest BCUT2D eigenvalue weighted by atomic mass is 79.9. The second kappa shape index (κ2) is 7.73. The molecule has 0 amide bonds. The fourth-order valence-corrected chi connectivity index (χ4v) is 3.88. The highest BCUT2D eigenvalue weighted by molar-refractivity contribution is 9.10. The number of halogens is 1. The van der Waals surface area contributed by atoms with Gasteiger partial charge in [-0.2, -0.15) is 15.0 Å². The molecule has 2 aromatic heterocycles. The van der Waals surface area contributed by atoms with E-state index in [-0.39, 0.29) is 5.56 Å². The monoisotopic (exact) mass is 459 g/mol. The van der Waals surface area contributed by atoms with Gasteiger partial charge in [-0.3, -0.25) is 4.79 Å². The van der Waals surface area contributed by atoms with Crippen LogP contribution in [-0.2, 0) is 0 Å². The van der Waals surface area contributed by atoms with Crippen molar-refractivity contribution in [3.63, 3.8) is 0 Å². The summed E-state index contributed by atoms with van der Waals surface area (Å²) >= 11 is 3.40. The van der Waals surface area contributed by atoms with Gasteiger partial charge in [-0.1, -0.05) is 15.9 Å². The summed E-state index contributed by atoms with van der Waals surface area (Å²) in [6.45, 7) is 5.77. The van der Waals surface area contributed by atoms with Crippen molar-refractivity contribution < 1.29 is 0 Å². The lowest BCUT2D eigenvalue weighted by molar-refractivity contribution is 0.770. The maximum absolute atomic E-state index is 12.9. The summed E-state index contributed by atoms with van der Waals surface area (Å²) in [4.78, 5) is 17.4. The first-order valence-corrected chi connectivity index (χ1v) is 10.1. The van der Waals surface area contributed by atoms with Crippen LogP contribution >= 0.6 is 15.9 Å². The minimum atomic E-state index is -0.212. The Bertz CT molecular complexity index is 1410. The molecular formula is C23H18BrN5O. The lowest BCUT2D eigenvalue weighted by Gasteiger charge is -2.09. The van der Waals surface area contributed by atoms with Crippen LogP contribution in [-0.4, -0.2) is 20.4 Å². The van der Waals surface area contributed by atoms with Crippen molar-refractivity contribution in [2.24, 2.45) is 5.10 Å². The van der Waals surface area contributed by atoms with E-state index in [4.69, 9.17) is 5.26 Å². The van der Waals surface area contributed by atoms with E-state index in [2.05, 4.69) is 36.7 Å². The summed E-state index contributed by atoms with van der Waals surface area (Å²) in [7, 11) is 0. The highest BCUT2D eigenvalue weighted by Gasteiger charge is 2.11. The van der Waals surface area contributed by atoms with Crippen LogP contribution in [0.2, 0.25) is 0 Å². The summed E-state index contributed by atoms with van der Waals surface area (Å²) in [5.74, 6) is 0.520. The van der Waals surface area contributed by atoms with Crippen molar-refractivity contribution in [1.29, 1.82) is 5.26 Å². The second-order valence-electron chi connectivity index (χ2n) is 7.00. The molecule has 0 bridgehead atoms. The van der Waals surface area contributed by atoms with E-state index in [1.54, 1.807) is 31.3 Å². The third-order valence-corrected chi connectivity index (χ3v) is 5.50. The first kappa shape index (κ1) is 19.8. The van der Waals surface area contributed by atoms with Crippen LogP contribution in [0.4, 0.5) is 0 Å². The lowest BCUT2D eigenvalue weighted by Crippen LogP contribution is -2.20. The second-order valence-corrected chi connectivity index (χ2v) is 7.92. The maximum atomic E-state index is 12.9. The van der Waals surface area contributed by atoms with Crippen LogP contribution < -0.4 is 5.56 Å². The van der Waals surface area contributed by atoms with Gasteiger partial charge >= 0.3 is 0 Å². The van der Waals surface area contributed by atoms with Gasteiger partial charge in [-0.05, 0) is 69.3 Å². The van der Waals surface area contributed by atoms with Crippen molar-refractivity contribution >= 4 is 33.0 Å². The van der Waals surface area contributed by atoms with E-state index in [1.807, 2.05) is 44.2 Å². The SMILES string of the molecule is Cc1cc(C=Nn2c(C)nc3ccc(Br)cc3c2=O)c(C)n1-c1ccc(C#N)cc1. The van der Waals surface area contributed by atoms with E-state index < -0.39 is 0 Å². The van der Waals surface area contributed by atoms with Gasteiger partial charge in [-0.25, -0.2) is 4.98 Å². The first-order valence-electron chi connectivity index (χ1n) is 9.32. The molecule has 6 nitrogen and oxygen atoms in total. The Hall–Kier alpha value is -3.50. The van der Waals surface area contributed by atoms with Crippen LogP contribution in [0.25, 0.3) is 16.6 Å². The van der Waals surface area contributed by atoms with Crippen LogP contribution in [0.15, 0.2) is 62.9 Å². The zero-order valence-electron chi connectivity index (χ0n) is 16.7. The van der Waals surface area contributed by atoms with Crippen molar-refractivity contribution in [3.05, 3.63) is 91.7 Å². The van der Waals surface area contributed by atoms with Crippen molar-refractivity contribution in [2.75, 3.05) is 0 Å². The third kappa shape index (κ3) is 3.46. The number of hydrogen-bond donors (Lipinski definition) is 0. The molecule has 0 fully saturated rings. The predicted molar refractivity (Wildman–Crippen MR) is 121 cm³/mol. The Morgan fingerprint density at radius 1 is 1.10 bits per heavy atom. The Balaban J connectivity index is 1.77. The number of nitriles is 1. The van der Waals surface area contributed by atoms with E-state index in [0.29, 0.717) is 22.3 Å². The van der Waals surface area contributed by atoms with Crippen LogP contribution in [0, 0.1) is 32.1 Å². The largest absolute Gasteiger partial charge is 0.318 e. The predicted octanol–water partition coefficient (Wildman–Crippen LogP) is 4.63. The fourth-order valence-electron chi connectivity index (χ4n) is 3.52. The van der Waals surface area contributed by atoms with Gasteiger partial charge < -0.3 is 4.57 Å². The first-order chi connectivity index (χ1) is 14.4. The van der Waals surface area contributed by atoms with E-state index in [0.717, 1.165) is 27.1 Å². The Morgan fingerprint density at radius 3 is 2.53 bits per heavy atom. The maximum Gasteiger partial charge on any atom is 0.282 e. The minimum Gasteiger partial charge on any atom is -0.318 e. The Kier molecular flexibility index (Phi) is 5.10. The number of fused-ring (bicyclic) bond motifs is 1. The molecule has 0 atom stereocenters. The number of rotatable bonds is 3. The van der Waals surface area contributed by atoms with Crippen molar-refractivity contribution in [2.45, 2.75) is 20.8 Å². The zero-order chi connectivity index (χ0) is 21.4. The van der Waals surface area contributed by atoms with Gasteiger partial charge in [0.1, 0.15) is 5.82 Å². The molecule has 0 aliphatic rings. The summed E-state index contributed by atoms with van der Waals surface area (Å²) < 4.78 is 4.23. The van der Waals surface area contributed by atoms with Gasteiger partial charge in [0.05, 0.1) is 28.8 Å². The smallest absolute Gasteiger partial charge is 0.282 e. The molecule has 4 rings (SSSR count). The van der Waals surface area contributed by atoms with Gasteiger partial charge in [0, 0.05) is 27.1 Å². The summed E-state index contributed by atoms with van der Waals surface area (Å²) in [6, 6.07) is 17.0. The zero-order valence-corrected chi connectivity index (χ0v) is 18.3. The molecule has 0 aliphatic heterocycles. The number of aryl methyl sites for hydroxylation is 2. The molecular weight excluding hydrogens is 442 g/mol. The molecule has 0 N–H and O–H groups in total.